The molecule has 0 saturated carbocycles. The van der Waals surface area contributed by atoms with Gasteiger partial charge in [0.15, 0.2) is 26.5 Å². The summed E-state index contributed by atoms with van der Waals surface area (Å²) in [5, 5.41) is 0.385. The van der Waals surface area contributed by atoms with Gasteiger partial charge in [-0.05, 0) is 25.0 Å². The first-order chi connectivity index (χ1) is 13.5. The van der Waals surface area contributed by atoms with Crippen molar-refractivity contribution in [1.82, 2.24) is 0 Å². The van der Waals surface area contributed by atoms with E-state index in [0.717, 1.165) is 12.1 Å². The lowest BCUT2D eigenvalue weighted by Crippen LogP contribution is -2.38. The van der Waals surface area contributed by atoms with E-state index in [4.69, 9.17) is 14.2 Å². The molecule has 10 heteroatoms. The maximum atomic E-state index is 12.5. The molecule has 4 heterocycles. The number of fused-ring (bicyclic) bond motifs is 2. The maximum absolute atomic E-state index is 12.5. The van der Waals surface area contributed by atoms with E-state index in [1.54, 1.807) is 0 Å². The van der Waals surface area contributed by atoms with Gasteiger partial charge in [-0.3, -0.25) is 4.79 Å². The predicted octanol–water partition coefficient (Wildman–Crippen LogP) is 1.24. The van der Waals surface area contributed by atoms with E-state index in [1.165, 1.54) is 11.8 Å². The molecule has 0 radical (unpaired) electrons. The van der Waals surface area contributed by atoms with Crippen LogP contribution in [0.3, 0.4) is 0 Å². The van der Waals surface area contributed by atoms with Crippen LogP contribution in [0.5, 0.6) is 11.5 Å². The summed E-state index contributed by atoms with van der Waals surface area (Å²) in [5.41, 5.74) is 0.750. The van der Waals surface area contributed by atoms with Gasteiger partial charge in [0.25, 0.3) is 5.91 Å². The highest BCUT2D eigenvalue weighted by Crippen LogP contribution is 2.43. The molecule has 3 saturated heterocycles. The van der Waals surface area contributed by atoms with Gasteiger partial charge in [-0.2, -0.15) is 4.99 Å². The van der Waals surface area contributed by atoms with Crippen LogP contribution in [0.1, 0.15) is 12.8 Å². The zero-order chi connectivity index (χ0) is 19.3. The van der Waals surface area contributed by atoms with Crippen molar-refractivity contribution in [3.05, 3.63) is 18.2 Å². The molecule has 0 bridgehead atoms. The average Bonchev–Trinajstić information content (AvgIpc) is 3.36. The minimum absolute atomic E-state index is 0.0479. The molecule has 1 amide bonds. The number of nitrogens with zero attached hydrogens (tertiary/aromatic N) is 2. The molecule has 4 aliphatic rings. The molecule has 28 heavy (non-hydrogen) atoms. The fraction of sp³-hybridized carbons (Fsp3) is 0.556. The van der Waals surface area contributed by atoms with Crippen molar-refractivity contribution in [1.29, 1.82) is 0 Å². The number of benzene rings is 1. The molecule has 3 atom stereocenters. The molecule has 8 nitrogen and oxygen atoms in total. The van der Waals surface area contributed by atoms with Crippen LogP contribution in [0.15, 0.2) is 23.2 Å². The molecular formula is C18H20N2O6S2. The van der Waals surface area contributed by atoms with Gasteiger partial charge in [-0.1, -0.05) is 11.8 Å². The topological polar surface area (TPSA) is 94.5 Å². The molecule has 150 valence electrons. The Morgan fingerprint density at radius 2 is 1.96 bits per heavy atom. The first-order valence-electron chi connectivity index (χ1n) is 9.30. The van der Waals surface area contributed by atoms with Crippen molar-refractivity contribution in [2.45, 2.75) is 30.2 Å². The minimum Gasteiger partial charge on any atom is -0.486 e. The third-order valence-electron chi connectivity index (χ3n) is 5.28. The van der Waals surface area contributed by atoms with Crippen LogP contribution < -0.4 is 14.4 Å². The monoisotopic (exact) mass is 424 g/mol. The Morgan fingerprint density at radius 3 is 2.75 bits per heavy atom. The minimum atomic E-state index is -3.11. The van der Waals surface area contributed by atoms with Gasteiger partial charge >= 0.3 is 0 Å². The fourth-order valence-corrected chi connectivity index (χ4v) is 7.91. The van der Waals surface area contributed by atoms with E-state index in [-0.39, 0.29) is 28.7 Å². The lowest BCUT2D eigenvalue weighted by Gasteiger charge is -2.26. The lowest BCUT2D eigenvalue weighted by atomic mass is 10.2. The Bertz CT molecular complexity index is 941. The summed E-state index contributed by atoms with van der Waals surface area (Å²) >= 11 is 1.36. The first kappa shape index (κ1) is 18.3. The molecule has 0 aliphatic carbocycles. The number of ether oxygens (including phenoxy) is 3. The van der Waals surface area contributed by atoms with Gasteiger partial charge in [-0.25, -0.2) is 8.42 Å². The number of sulfone groups is 1. The van der Waals surface area contributed by atoms with Crippen molar-refractivity contribution in [2.24, 2.45) is 4.99 Å². The molecule has 0 N–H and O–H groups in total. The number of amides is 1. The van der Waals surface area contributed by atoms with Gasteiger partial charge in [0, 0.05) is 23.6 Å². The number of carbonyl (C=O) groups excluding carboxylic acids is 1. The predicted molar refractivity (Wildman–Crippen MR) is 105 cm³/mol. The van der Waals surface area contributed by atoms with E-state index in [9.17, 15) is 13.2 Å². The quantitative estimate of drug-likeness (QED) is 0.700. The van der Waals surface area contributed by atoms with Crippen LogP contribution in [0, 0.1) is 0 Å². The summed E-state index contributed by atoms with van der Waals surface area (Å²) in [6, 6.07) is 5.24. The Kier molecular flexibility index (Phi) is 4.52. The Balaban J connectivity index is 1.51. The normalized spacial score (nSPS) is 31.9. The Labute approximate surface area is 167 Å². The molecule has 1 aromatic carbocycles. The summed E-state index contributed by atoms with van der Waals surface area (Å²) in [6.07, 6.45) is 1.02. The van der Waals surface area contributed by atoms with Gasteiger partial charge < -0.3 is 19.1 Å². The number of hydrogen-bond acceptors (Lipinski definition) is 7. The SMILES string of the molecule is O=C(N=C1S[C@@H]2CS(=O)(=O)C[C@@H]2N1c1ccc2c(c1)OCCO2)C1CCCO1. The van der Waals surface area contributed by atoms with Gasteiger partial charge in [0.05, 0.1) is 17.5 Å². The fourth-order valence-electron chi connectivity index (χ4n) is 3.99. The summed E-state index contributed by atoms with van der Waals surface area (Å²) in [4.78, 5) is 18.7. The molecule has 1 aromatic rings. The number of aliphatic imine (C=N–C) groups is 1. The van der Waals surface area contributed by atoms with Crippen molar-refractivity contribution >= 4 is 38.4 Å². The number of hydrogen-bond donors (Lipinski definition) is 0. The van der Waals surface area contributed by atoms with Crippen LogP contribution in [0.25, 0.3) is 0 Å². The van der Waals surface area contributed by atoms with E-state index in [1.807, 2.05) is 23.1 Å². The van der Waals surface area contributed by atoms with E-state index >= 15 is 0 Å². The van der Waals surface area contributed by atoms with Crippen molar-refractivity contribution in [2.75, 3.05) is 36.2 Å². The molecule has 3 fully saturated rings. The van der Waals surface area contributed by atoms with Crippen LogP contribution in [-0.4, -0.2) is 68.2 Å². The summed E-state index contributed by atoms with van der Waals surface area (Å²) < 4.78 is 41.1. The molecular weight excluding hydrogens is 404 g/mol. The number of rotatable bonds is 2. The largest absolute Gasteiger partial charge is 0.486 e. The highest BCUT2D eigenvalue weighted by molar-refractivity contribution is 8.16. The zero-order valence-electron chi connectivity index (χ0n) is 15.1. The number of carbonyl (C=O) groups is 1. The lowest BCUT2D eigenvalue weighted by molar-refractivity contribution is -0.126. The second kappa shape index (κ2) is 6.93. The van der Waals surface area contributed by atoms with Crippen LogP contribution >= 0.6 is 11.8 Å². The number of anilines is 1. The molecule has 0 spiro atoms. The van der Waals surface area contributed by atoms with Crippen molar-refractivity contribution < 1.29 is 27.4 Å². The van der Waals surface area contributed by atoms with E-state index < -0.39 is 15.9 Å². The smallest absolute Gasteiger partial charge is 0.277 e. The molecule has 4 aliphatic heterocycles. The van der Waals surface area contributed by atoms with Crippen LogP contribution in [0.4, 0.5) is 5.69 Å². The summed E-state index contributed by atoms with van der Waals surface area (Å²) in [6.45, 7) is 1.53. The van der Waals surface area contributed by atoms with Crippen molar-refractivity contribution in [3.8, 4) is 11.5 Å². The Hall–Kier alpha value is -1.78. The third kappa shape index (κ3) is 3.27. The highest BCUT2D eigenvalue weighted by atomic mass is 32.2. The van der Waals surface area contributed by atoms with Crippen LogP contribution in [-0.2, 0) is 19.4 Å². The van der Waals surface area contributed by atoms with Gasteiger partial charge in [-0.15, -0.1) is 0 Å². The standard InChI is InChI=1S/C18H20N2O6S2/c21-17(14-2-1-5-24-14)19-18-20(12-9-28(22,23)10-16(12)27-18)11-3-4-13-15(8-11)26-7-6-25-13/h3-4,8,12,14,16H,1-2,5-7,9-10H2/t12-,14?,16+/m0/s1. The molecule has 1 unspecified atom stereocenters. The first-order valence-corrected chi connectivity index (χ1v) is 12.0. The second-order valence-corrected chi connectivity index (χ2v) is 10.6. The highest BCUT2D eigenvalue weighted by Gasteiger charge is 2.49. The zero-order valence-corrected chi connectivity index (χ0v) is 16.7. The second-order valence-electron chi connectivity index (χ2n) is 7.23. The number of thioether (sulfide) groups is 1. The molecule has 5 rings (SSSR count). The summed E-state index contributed by atoms with van der Waals surface area (Å²) in [7, 11) is -3.11. The Morgan fingerprint density at radius 1 is 1.14 bits per heavy atom. The van der Waals surface area contributed by atoms with Gasteiger partial charge in [0.2, 0.25) is 0 Å². The average molecular weight is 425 g/mol. The third-order valence-corrected chi connectivity index (χ3v) is 8.49. The van der Waals surface area contributed by atoms with Gasteiger partial charge in [0.1, 0.15) is 19.3 Å². The van der Waals surface area contributed by atoms with Crippen LogP contribution in [0.2, 0.25) is 0 Å². The van der Waals surface area contributed by atoms with Crippen molar-refractivity contribution in [3.63, 3.8) is 0 Å². The maximum Gasteiger partial charge on any atom is 0.277 e. The number of amidine groups is 1. The van der Waals surface area contributed by atoms with E-state index in [2.05, 4.69) is 4.99 Å². The summed E-state index contributed by atoms with van der Waals surface area (Å²) in [5.74, 6) is 1.11. The van der Waals surface area contributed by atoms with E-state index in [0.29, 0.717) is 42.9 Å². The molecule has 0 aromatic heterocycles.